The Bertz CT molecular complexity index is 101. The standard InChI is InChI=1S/C8H16O/c1-6(2)5-7(3)8(4)9/h5-6,8-9H,1-4H3/b7-5+/t8-/m0/s1. The highest BCUT2D eigenvalue weighted by atomic mass is 16.3. The maximum Gasteiger partial charge on any atom is 0.0719 e. The van der Waals surface area contributed by atoms with Crippen molar-refractivity contribution < 1.29 is 5.11 Å². The maximum atomic E-state index is 9.00. The predicted octanol–water partition coefficient (Wildman–Crippen LogP) is 1.97. The van der Waals surface area contributed by atoms with E-state index >= 15 is 0 Å². The van der Waals surface area contributed by atoms with Crippen molar-refractivity contribution in [1.82, 2.24) is 0 Å². The summed E-state index contributed by atoms with van der Waals surface area (Å²) in [7, 11) is 0. The van der Waals surface area contributed by atoms with Crippen LogP contribution in [0.15, 0.2) is 11.6 Å². The Kier molecular flexibility index (Phi) is 3.55. The first-order valence-electron chi connectivity index (χ1n) is 3.40. The summed E-state index contributed by atoms with van der Waals surface area (Å²) in [4.78, 5) is 0. The van der Waals surface area contributed by atoms with Gasteiger partial charge < -0.3 is 5.11 Å². The Morgan fingerprint density at radius 2 is 1.78 bits per heavy atom. The summed E-state index contributed by atoms with van der Waals surface area (Å²) in [5, 5.41) is 9.00. The Morgan fingerprint density at radius 1 is 1.33 bits per heavy atom. The zero-order valence-electron chi connectivity index (χ0n) is 6.68. The van der Waals surface area contributed by atoms with Crippen molar-refractivity contribution in [3.63, 3.8) is 0 Å². The van der Waals surface area contributed by atoms with Gasteiger partial charge in [-0.1, -0.05) is 19.9 Å². The molecule has 0 saturated heterocycles. The highest BCUT2D eigenvalue weighted by Crippen LogP contribution is 2.04. The van der Waals surface area contributed by atoms with Gasteiger partial charge >= 0.3 is 0 Å². The number of hydrogen-bond donors (Lipinski definition) is 1. The van der Waals surface area contributed by atoms with Gasteiger partial charge in [0.15, 0.2) is 0 Å². The highest BCUT2D eigenvalue weighted by Gasteiger charge is 1.97. The summed E-state index contributed by atoms with van der Waals surface area (Å²) in [5.74, 6) is 0.541. The van der Waals surface area contributed by atoms with Crippen LogP contribution in [0.4, 0.5) is 0 Å². The van der Waals surface area contributed by atoms with E-state index in [1.54, 1.807) is 6.92 Å². The molecule has 0 aliphatic rings. The van der Waals surface area contributed by atoms with E-state index < -0.39 is 0 Å². The molecule has 0 radical (unpaired) electrons. The fraction of sp³-hybridized carbons (Fsp3) is 0.750. The van der Waals surface area contributed by atoms with Crippen LogP contribution in [0.2, 0.25) is 0 Å². The molecule has 0 aromatic rings. The zero-order chi connectivity index (χ0) is 7.44. The number of aliphatic hydroxyl groups excluding tert-OH is 1. The average Bonchev–Trinajstić information content (AvgIpc) is 1.63. The van der Waals surface area contributed by atoms with Gasteiger partial charge in [-0.15, -0.1) is 0 Å². The number of allylic oxidation sites excluding steroid dienone is 1. The predicted molar refractivity (Wildman–Crippen MR) is 40.3 cm³/mol. The molecule has 0 aliphatic heterocycles. The summed E-state index contributed by atoms with van der Waals surface area (Å²) < 4.78 is 0. The molecule has 1 atom stereocenters. The molecule has 0 unspecified atom stereocenters. The summed E-state index contributed by atoms with van der Waals surface area (Å²) >= 11 is 0. The van der Waals surface area contributed by atoms with Crippen molar-refractivity contribution in [3.8, 4) is 0 Å². The monoisotopic (exact) mass is 128 g/mol. The third kappa shape index (κ3) is 4.22. The Hall–Kier alpha value is -0.300. The van der Waals surface area contributed by atoms with E-state index in [-0.39, 0.29) is 6.10 Å². The molecule has 54 valence electrons. The molecule has 0 aliphatic carbocycles. The van der Waals surface area contributed by atoms with Crippen molar-refractivity contribution >= 4 is 0 Å². The average molecular weight is 128 g/mol. The van der Waals surface area contributed by atoms with E-state index in [1.165, 1.54) is 0 Å². The van der Waals surface area contributed by atoms with Crippen molar-refractivity contribution in [2.45, 2.75) is 33.8 Å². The van der Waals surface area contributed by atoms with Gasteiger partial charge in [0.05, 0.1) is 6.10 Å². The van der Waals surface area contributed by atoms with Crippen LogP contribution in [0.1, 0.15) is 27.7 Å². The number of hydrogen-bond acceptors (Lipinski definition) is 1. The van der Waals surface area contributed by atoms with Crippen molar-refractivity contribution in [1.29, 1.82) is 0 Å². The second kappa shape index (κ2) is 3.67. The van der Waals surface area contributed by atoms with Gasteiger partial charge in [-0.2, -0.15) is 0 Å². The third-order valence-electron chi connectivity index (χ3n) is 1.26. The van der Waals surface area contributed by atoms with E-state index in [4.69, 9.17) is 5.11 Å². The maximum absolute atomic E-state index is 9.00. The topological polar surface area (TPSA) is 20.2 Å². The largest absolute Gasteiger partial charge is 0.389 e. The summed E-state index contributed by atoms with van der Waals surface area (Å²) in [6.45, 7) is 7.94. The zero-order valence-corrected chi connectivity index (χ0v) is 6.68. The molecule has 0 heterocycles. The van der Waals surface area contributed by atoms with Gasteiger partial charge in [0.1, 0.15) is 0 Å². The van der Waals surface area contributed by atoms with Crippen LogP contribution in [0.25, 0.3) is 0 Å². The van der Waals surface area contributed by atoms with Crippen molar-refractivity contribution in [2.24, 2.45) is 5.92 Å². The van der Waals surface area contributed by atoms with Gasteiger partial charge in [-0.3, -0.25) is 0 Å². The first-order chi connectivity index (χ1) is 4.04. The fourth-order valence-corrected chi connectivity index (χ4v) is 0.665. The van der Waals surface area contributed by atoms with Crippen LogP contribution in [-0.2, 0) is 0 Å². The van der Waals surface area contributed by atoms with Crippen LogP contribution < -0.4 is 0 Å². The van der Waals surface area contributed by atoms with Crippen LogP contribution in [0, 0.1) is 5.92 Å². The lowest BCUT2D eigenvalue weighted by Crippen LogP contribution is -2.01. The molecule has 0 saturated carbocycles. The molecule has 0 fully saturated rings. The number of aliphatic hydroxyl groups is 1. The van der Waals surface area contributed by atoms with Gasteiger partial charge in [-0.05, 0) is 25.3 Å². The van der Waals surface area contributed by atoms with E-state index in [0.29, 0.717) is 5.92 Å². The molecule has 0 spiro atoms. The van der Waals surface area contributed by atoms with Crippen LogP contribution in [0.5, 0.6) is 0 Å². The quantitative estimate of drug-likeness (QED) is 0.564. The molecule has 1 heteroatoms. The molecular formula is C8H16O. The second-order valence-electron chi connectivity index (χ2n) is 2.83. The second-order valence-corrected chi connectivity index (χ2v) is 2.83. The molecule has 0 aromatic heterocycles. The van der Waals surface area contributed by atoms with E-state index in [2.05, 4.69) is 19.9 Å². The summed E-state index contributed by atoms with van der Waals surface area (Å²) in [6.07, 6.45) is 1.79. The van der Waals surface area contributed by atoms with Crippen LogP contribution in [0.3, 0.4) is 0 Å². The lowest BCUT2D eigenvalue weighted by atomic mass is 10.1. The highest BCUT2D eigenvalue weighted by molar-refractivity contribution is 5.03. The minimum atomic E-state index is -0.285. The summed E-state index contributed by atoms with van der Waals surface area (Å²) in [5.41, 5.74) is 1.06. The molecule has 0 bridgehead atoms. The molecule has 0 amide bonds. The van der Waals surface area contributed by atoms with Gasteiger partial charge in [-0.25, -0.2) is 0 Å². The molecular weight excluding hydrogens is 112 g/mol. The van der Waals surface area contributed by atoms with Crippen LogP contribution in [-0.4, -0.2) is 11.2 Å². The lowest BCUT2D eigenvalue weighted by molar-refractivity contribution is 0.230. The molecule has 9 heavy (non-hydrogen) atoms. The van der Waals surface area contributed by atoms with Crippen molar-refractivity contribution in [3.05, 3.63) is 11.6 Å². The molecule has 0 aromatic carbocycles. The Labute approximate surface area is 57.4 Å². The first-order valence-corrected chi connectivity index (χ1v) is 3.40. The Balaban J connectivity index is 3.84. The van der Waals surface area contributed by atoms with E-state index in [0.717, 1.165) is 5.57 Å². The lowest BCUT2D eigenvalue weighted by Gasteiger charge is -2.04. The van der Waals surface area contributed by atoms with E-state index in [1.807, 2.05) is 6.92 Å². The molecule has 1 N–H and O–H groups in total. The van der Waals surface area contributed by atoms with Crippen molar-refractivity contribution in [2.75, 3.05) is 0 Å². The SMILES string of the molecule is C/C(=C\C(C)C)[C@H](C)O. The van der Waals surface area contributed by atoms with Crippen LogP contribution >= 0.6 is 0 Å². The van der Waals surface area contributed by atoms with Gasteiger partial charge in [0.25, 0.3) is 0 Å². The first kappa shape index (κ1) is 8.70. The van der Waals surface area contributed by atoms with Gasteiger partial charge in [0, 0.05) is 0 Å². The normalized spacial score (nSPS) is 16.4. The van der Waals surface area contributed by atoms with E-state index in [9.17, 15) is 0 Å². The molecule has 0 rings (SSSR count). The van der Waals surface area contributed by atoms with Gasteiger partial charge in [0.2, 0.25) is 0 Å². The Morgan fingerprint density at radius 3 is 1.89 bits per heavy atom. The molecule has 1 nitrogen and oxygen atoms in total. The smallest absolute Gasteiger partial charge is 0.0719 e. The third-order valence-corrected chi connectivity index (χ3v) is 1.26. The minimum absolute atomic E-state index is 0.285. The number of rotatable bonds is 2. The fourth-order valence-electron chi connectivity index (χ4n) is 0.665. The minimum Gasteiger partial charge on any atom is -0.389 e. The summed E-state index contributed by atoms with van der Waals surface area (Å²) in [6, 6.07) is 0.